The second-order valence-corrected chi connectivity index (χ2v) is 5.59. The van der Waals surface area contributed by atoms with Crippen molar-refractivity contribution in [2.45, 2.75) is 12.8 Å². The Morgan fingerprint density at radius 2 is 1.75 bits per heavy atom. The van der Waals surface area contributed by atoms with Gasteiger partial charge in [0.15, 0.2) is 17.3 Å². The van der Waals surface area contributed by atoms with Crippen molar-refractivity contribution < 1.29 is 19.0 Å². The number of hydrogen-bond acceptors (Lipinski definition) is 5. The van der Waals surface area contributed by atoms with Crippen LogP contribution in [0, 0.1) is 0 Å². The summed E-state index contributed by atoms with van der Waals surface area (Å²) in [5.41, 5.74) is 3.26. The number of ether oxygens (including phenoxy) is 3. The van der Waals surface area contributed by atoms with Crippen molar-refractivity contribution >= 4 is 11.9 Å². The number of benzene rings is 1. The standard InChI is InChI=1S/C18H20N2O4/c1-20-14-6-5-12(17(21)13(14)10-19-20)7-11-8-15(22-2)18(24-4)16(9-11)23-3/h7-10H,5-6H2,1-4H3/b12-7-. The van der Waals surface area contributed by atoms with Crippen molar-refractivity contribution in [3.05, 3.63) is 40.7 Å². The van der Waals surface area contributed by atoms with E-state index in [2.05, 4.69) is 5.10 Å². The van der Waals surface area contributed by atoms with E-state index in [-0.39, 0.29) is 5.78 Å². The lowest BCUT2D eigenvalue weighted by Crippen LogP contribution is -2.15. The molecule has 1 heterocycles. The predicted molar refractivity (Wildman–Crippen MR) is 89.9 cm³/mol. The Kier molecular flexibility index (Phi) is 4.29. The van der Waals surface area contributed by atoms with E-state index in [1.54, 1.807) is 32.2 Å². The van der Waals surface area contributed by atoms with Crippen LogP contribution in [0.15, 0.2) is 23.9 Å². The van der Waals surface area contributed by atoms with Crippen molar-refractivity contribution in [1.29, 1.82) is 0 Å². The molecule has 1 aliphatic rings. The smallest absolute Gasteiger partial charge is 0.203 e. The van der Waals surface area contributed by atoms with E-state index < -0.39 is 0 Å². The first-order valence-electron chi connectivity index (χ1n) is 7.65. The lowest BCUT2D eigenvalue weighted by molar-refractivity contribution is 0.102. The van der Waals surface area contributed by atoms with Crippen LogP contribution in [-0.4, -0.2) is 36.9 Å². The number of carbonyl (C=O) groups excluding carboxylic acids is 1. The normalized spacial score (nSPS) is 15.3. The van der Waals surface area contributed by atoms with Crippen LogP contribution in [0.3, 0.4) is 0 Å². The first kappa shape index (κ1) is 16.1. The Bertz CT molecular complexity index is 795. The van der Waals surface area contributed by atoms with Crippen LogP contribution in [-0.2, 0) is 13.5 Å². The zero-order valence-corrected chi connectivity index (χ0v) is 14.3. The molecule has 0 saturated heterocycles. The highest BCUT2D eigenvalue weighted by molar-refractivity contribution is 6.12. The van der Waals surface area contributed by atoms with Gasteiger partial charge in [-0.2, -0.15) is 5.10 Å². The molecule has 3 rings (SSSR count). The van der Waals surface area contributed by atoms with Gasteiger partial charge in [0.1, 0.15) is 0 Å². The van der Waals surface area contributed by atoms with E-state index in [4.69, 9.17) is 14.2 Å². The van der Waals surface area contributed by atoms with Gasteiger partial charge in [0.2, 0.25) is 5.75 Å². The topological polar surface area (TPSA) is 62.6 Å². The number of allylic oxidation sites excluding steroid dienone is 1. The fourth-order valence-electron chi connectivity index (χ4n) is 3.01. The molecule has 1 aliphatic carbocycles. The molecule has 0 spiro atoms. The molecule has 0 amide bonds. The van der Waals surface area contributed by atoms with Gasteiger partial charge in [-0.25, -0.2) is 0 Å². The molecule has 2 aromatic rings. The van der Waals surface area contributed by atoms with Gasteiger partial charge in [0, 0.05) is 18.3 Å². The highest BCUT2D eigenvalue weighted by Gasteiger charge is 2.25. The molecule has 0 N–H and O–H groups in total. The largest absolute Gasteiger partial charge is 0.493 e. The average Bonchev–Trinajstić information content (AvgIpc) is 2.98. The second kappa shape index (κ2) is 6.39. The number of ketones is 1. The van der Waals surface area contributed by atoms with Crippen molar-refractivity contribution in [2.75, 3.05) is 21.3 Å². The van der Waals surface area contributed by atoms with Crippen molar-refractivity contribution in [2.24, 2.45) is 7.05 Å². The molecular weight excluding hydrogens is 308 g/mol. The van der Waals surface area contributed by atoms with Crippen LogP contribution in [0.25, 0.3) is 6.08 Å². The van der Waals surface area contributed by atoms with Gasteiger partial charge < -0.3 is 14.2 Å². The number of Topliss-reactive ketones (excluding diaryl/α,β-unsaturated/α-hetero) is 1. The Hall–Kier alpha value is -2.76. The molecule has 0 fully saturated rings. The number of nitrogens with zero attached hydrogens (tertiary/aromatic N) is 2. The fourth-order valence-corrected chi connectivity index (χ4v) is 3.01. The molecule has 0 saturated carbocycles. The maximum absolute atomic E-state index is 12.7. The summed E-state index contributed by atoms with van der Waals surface area (Å²) in [4.78, 5) is 12.7. The van der Waals surface area contributed by atoms with Crippen LogP contribution < -0.4 is 14.2 Å². The Labute approximate surface area is 140 Å². The number of rotatable bonds is 4. The number of aromatic nitrogens is 2. The Morgan fingerprint density at radius 1 is 1.08 bits per heavy atom. The zero-order valence-electron chi connectivity index (χ0n) is 14.3. The fraction of sp³-hybridized carbons (Fsp3) is 0.333. The van der Waals surface area contributed by atoms with Gasteiger partial charge in [-0.3, -0.25) is 9.48 Å². The lowest BCUT2D eigenvalue weighted by atomic mass is 9.90. The molecule has 0 aliphatic heterocycles. The van der Waals surface area contributed by atoms with E-state index in [1.165, 1.54) is 0 Å². The minimum Gasteiger partial charge on any atom is -0.493 e. The summed E-state index contributed by atoms with van der Waals surface area (Å²) in [5, 5.41) is 4.18. The number of hydrogen-bond donors (Lipinski definition) is 0. The Balaban J connectivity index is 2.01. The van der Waals surface area contributed by atoms with Crippen molar-refractivity contribution in [1.82, 2.24) is 9.78 Å². The summed E-state index contributed by atoms with van der Waals surface area (Å²) in [6.45, 7) is 0. The second-order valence-electron chi connectivity index (χ2n) is 5.59. The van der Waals surface area contributed by atoms with Crippen molar-refractivity contribution in [3.8, 4) is 17.2 Å². The van der Waals surface area contributed by atoms with Crippen LogP contribution in [0.1, 0.15) is 28.0 Å². The Morgan fingerprint density at radius 3 is 2.33 bits per heavy atom. The van der Waals surface area contributed by atoms with E-state index in [0.29, 0.717) is 29.2 Å². The van der Waals surface area contributed by atoms with E-state index in [1.807, 2.05) is 25.3 Å². The summed E-state index contributed by atoms with van der Waals surface area (Å²) < 4.78 is 17.8. The summed E-state index contributed by atoms with van der Waals surface area (Å²) in [7, 11) is 6.57. The minimum atomic E-state index is 0.0260. The van der Waals surface area contributed by atoms with Gasteiger partial charge in [0.05, 0.1) is 33.1 Å². The summed E-state index contributed by atoms with van der Waals surface area (Å²) in [6.07, 6.45) is 5.00. The van der Waals surface area contributed by atoms with Crippen LogP contribution in [0.4, 0.5) is 0 Å². The first-order valence-corrected chi connectivity index (χ1v) is 7.65. The molecular formula is C18H20N2O4. The molecule has 0 atom stereocenters. The van der Waals surface area contributed by atoms with Gasteiger partial charge in [0.25, 0.3) is 0 Å². The molecule has 1 aromatic heterocycles. The van der Waals surface area contributed by atoms with Crippen LogP contribution in [0.2, 0.25) is 0 Å². The van der Waals surface area contributed by atoms with Crippen molar-refractivity contribution in [3.63, 3.8) is 0 Å². The van der Waals surface area contributed by atoms with Crippen LogP contribution in [0.5, 0.6) is 17.2 Å². The van der Waals surface area contributed by atoms with E-state index in [9.17, 15) is 4.79 Å². The first-order chi connectivity index (χ1) is 11.6. The predicted octanol–water partition coefficient (Wildman–Crippen LogP) is 2.66. The van der Waals surface area contributed by atoms with Crippen LogP contribution >= 0.6 is 0 Å². The van der Waals surface area contributed by atoms with Gasteiger partial charge >= 0.3 is 0 Å². The molecule has 126 valence electrons. The van der Waals surface area contributed by atoms with Gasteiger partial charge in [-0.1, -0.05) is 0 Å². The van der Waals surface area contributed by atoms with E-state index >= 15 is 0 Å². The quantitative estimate of drug-likeness (QED) is 0.808. The molecule has 0 radical (unpaired) electrons. The lowest BCUT2D eigenvalue weighted by Gasteiger charge is -2.16. The molecule has 6 heteroatoms. The van der Waals surface area contributed by atoms with E-state index in [0.717, 1.165) is 23.3 Å². The number of aryl methyl sites for hydroxylation is 1. The highest BCUT2D eigenvalue weighted by atomic mass is 16.5. The number of carbonyl (C=O) groups is 1. The minimum absolute atomic E-state index is 0.0260. The molecule has 6 nitrogen and oxygen atoms in total. The third kappa shape index (κ3) is 2.64. The number of methoxy groups -OCH3 is 3. The summed E-state index contributed by atoms with van der Waals surface area (Å²) >= 11 is 0. The zero-order chi connectivity index (χ0) is 17.3. The summed E-state index contributed by atoms with van der Waals surface area (Å²) in [6, 6.07) is 3.67. The maximum atomic E-state index is 12.7. The third-order valence-electron chi connectivity index (χ3n) is 4.26. The molecule has 1 aromatic carbocycles. The van der Waals surface area contributed by atoms with Gasteiger partial charge in [-0.05, 0) is 36.6 Å². The third-order valence-corrected chi connectivity index (χ3v) is 4.26. The number of fused-ring (bicyclic) bond motifs is 1. The molecule has 24 heavy (non-hydrogen) atoms. The van der Waals surface area contributed by atoms with Gasteiger partial charge in [-0.15, -0.1) is 0 Å². The molecule has 0 bridgehead atoms. The average molecular weight is 328 g/mol. The highest BCUT2D eigenvalue weighted by Crippen LogP contribution is 2.39. The molecule has 0 unspecified atom stereocenters. The maximum Gasteiger partial charge on any atom is 0.203 e. The monoisotopic (exact) mass is 328 g/mol. The SMILES string of the molecule is COc1cc(/C=C2/CCc3c(cnn3C)C2=O)cc(OC)c1OC. The summed E-state index contributed by atoms with van der Waals surface area (Å²) in [5.74, 6) is 1.69.